The minimum atomic E-state index is -3.71. The van der Waals surface area contributed by atoms with Crippen molar-refractivity contribution in [2.24, 2.45) is 11.1 Å². The Kier molecular flexibility index (Phi) is 7.04. The highest BCUT2D eigenvalue weighted by Crippen LogP contribution is 2.45. The molecule has 1 aromatic carbocycles. The minimum absolute atomic E-state index is 0.0477. The summed E-state index contributed by atoms with van der Waals surface area (Å²) in [7, 11) is -5.79. The lowest BCUT2D eigenvalue weighted by atomic mass is 10.1. The maximum Gasteiger partial charge on any atom is 0.230 e. The summed E-state index contributed by atoms with van der Waals surface area (Å²) in [6.07, 6.45) is 8.96. The summed E-state index contributed by atoms with van der Waals surface area (Å²) in [5.74, 6) is 0.785. The summed E-state index contributed by atoms with van der Waals surface area (Å²) < 4.78 is 32.4. The number of hydrogen-bond acceptors (Lipinski definition) is 6. The average Bonchev–Trinajstić information content (AvgIpc) is 3.54. The molecule has 4 atom stereocenters. The van der Waals surface area contributed by atoms with Crippen molar-refractivity contribution in [2.45, 2.75) is 82.8 Å². The van der Waals surface area contributed by atoms with Gasteiger partial charge in [-0.05, 0) is 61.0 Å². The largest absolute Gasteiger partial charge is 0.413 e. The molecule has 2 aliphatic carbocycles. The lowest BCUT2D eigenvalue weighted by Crippen LogP contribution is -2.44. The molecule has 2 aliphatic rings. The first-order chi connectivity index (χ1) is 17.8. The van der Waals surface area contributed by atoms with Crippen LogP contribution in [0.4, 0.5) is 5.82 Å². The number of primary sulfonamides is 1. The van der Waals surface area contributed by atoms with E-state index in [2.05, 4.69) is 90.2 Å². The van der Waals surface area contributed by atoms with Crippen molar-refractivity contribution >= 4 is 35.2 Å². The molecule has 0 unspecified atom stereocenters. The number of hydrogen-bond donors (Lipinski definition) is 2. The molecule has 1 saturated carbocycles. The second-order valence-corrected chi connectivity index (χ2v) is 18.4. The van der Waals surface area contributed by atoms with Crippen molar-refractivity contribution in [1.82, 2.24) is 14.5 Å². The molecule has 5 rings (SSSR count). The van der Waals surface area contributed by atoms with Crippen LogP contribution in [0.3, 0.4) is 0 Å². The molecule has 0 bridgehead atoms. The molecule has 2 heterocycles. The number of anilines is 1. The van der Waals surface area contributed by atoms with Gasteiger partial charge in [-0.15, -0.1) is 0 Å². The van der Waals surface area contributed by atoms with Gasteiger partial charge in [0.05, 0.1) is 17.5 Å². The van der Waals surface area contributed by atoms with E-state index in [4.69, 9.17) is 9.56 Å². The first kappa shape index (κ1) is 27.0. The Balaban J connectivity index is 1.42. The van der Waals surface area contributed by atoms with Crippen LogP contribution in [-0.4, -0.2) is 37.4 Å². The van der Waals surface area contributed by atoms with Crippen molar-refractivity contribution < 1.29 is 12.8 Å². The van der Waals surface area contributed by atoms with Crippen LogP contribution in [0.15, 0.2) is 54.3 Å². The zero-order valence-corrected chi connectivity index (χ0v) is 24.7. The van der Waals surface area contributed by atoms with E-state index in [0.29, 0.717) is 0 Å². The van der Waals surface area contributed by atoms with Gasteiger partial charge < -0.3 is 14.3 Å². The highest BCUT2D eigenvalue weighted by Gasteiger charge is 2.44. The number of nitrogens with one attached hydrogen (secondary N) is 1. The summed E-state index contributed by atoms with van der Waals surface area (Å²) in [6, 6.07) is 11.0. The maximum absolute atomic E-state index is 11.7. The number of nitrogens with zero attached hydrogens (tertiary/aromatic N) is 3. The predicted octanol–water partition coefficient (Wildman–Crippen LogP) is 5.67. The lowest BCUT2D eigenvalue weighted by Gasteiger charge is -2.39. The summed E-state index contributed by atoms with van der Waals surface area (Å²) in [5, 5.41) is 11.1. The molecule has 0 aliphatic heterocycles. The Hall–Kier alpha value is -2.53. The van der Waals surface area contributed by atoms with Gasteiger partial charge in [0.2, 0.25) is 10.0 Å². The molecule has 0 amide bonds. The van der Waals surface area contributed by atoms with Crippen molar-refractivity contribution in [1.29, 1.82) is 0 Å². The molecular formula is C28H39N5O3SSi. The summed E-state index contributed by atoms with van der Waals surface area (Å²) in [5.41, 5.74) is 3.61. The first-order valence-electron chi connectivity index (χ1n) is 13.4. The molecule has 1 fully saturated rings. The number of fused-ring (bicyclic) bond motifs is 2. The Morgan fingerprint density at radius 2 is 1.92 bits per heavy atom. The van der Waals surface area contributed by atoms with Crippen LogP contribution in [0.5, 0.6) is 0 Å². The number of nitrogens with two attached hydrogens (primary N) is 1. The molecule has 10 heteroatoms. The predicted molar refractivity (Wildman–Crippen MR) is 155 cm³/mol. The van der Waals surface area contributed by atoms with Crippen molar-refractivity contribution in [3.05, 3.63) is 65.5 Å². The van der Waals surface area contributed by atoms with E-state index in [1.807, 2.05) is 0 Å². The molecular weight excluding hydrogens is 514 g/mol. The van der Waals surface area contributed by atoms with Crippen molar-refractivity contribution in [3.63, 3.8) is 0 Å². The van der Waals surface area contributed by atoms with Crippen LogP contribution in [0.25, 0.3) is 11.0 Å². The number of benzene rings is 1. The van der Waals surface area contributed by atoms with E-state index in [0.717, 1.165) is 47.9 Å². The van der Waals surface area contributed by atoms with Crippen LogP contribution in [0.1, 0.15) is 63.2 Å². The van der Waals surface area contributed by atoms with Gasteiger partial charge in [0.25, 0.3) is 0 Å². The van der Waals surface area contributed by atoms with E-state index >= 15 is 0 Å². The van der Waals surface area contributed by atoms with Crippen LogP contribution in [0.2, 0.25) is 18.1 Å². The first-order valence-corrected chi connectivity index (χ1v) is 17.9. The minimum Gasteiger partial charge on any atom is -0.413 e. The lowest BCUT2D eigenvalue weighted by molar-refractivity contribution is 0.157. The molecule has 204 valence electrons. The third-order valence-electron chi connectivity index (χ3n) is 8.64. The molecule has 0 radical (unpaired) electrons. The van der Waals surface area contributed by atoms with Crippen LogP contribution in [0, 0.1) is 5.92 Å². The van der Waals surface area contributed by atoms with Gasteiger partial charge in [-0.2, -0.15) is 0 Å². The number of rotatable bonds is 7. The average molecular weight is 554 g/mol. The van der Waals surface area contributed by atoms with Gasteiger partial charge in [-0.3, -0.25) is 0 Å². The monoisotopic (exact) mass is 553 g/mol. The van der Waals surface area contributed by atoms with Gasteiger partial charge >= 0.3 is 0 Å². The smallest absolute Gasteiger partial charge is 0.230 e. The SMILES string of the molecule is CC(C)(C)[Si](C)(C)O[C@H]1C[C@H](n2ccc3c(N[C@H]4CCc5ccccc54)ncnc32)C[C@H]1C=CS(N)(=O)=O. The van der Waals surface area contributed by atoms with Crippen molar-refractivity contribution in [2.75, 3.05) is 5.32 Å². The Labute approximate surface area is 226 Å². The third kappa shape index (κ3) is 5.45. The third-order valence-corrected chi connectivity index (χ3v) is 13.7. The van der Waals surface area contributed by atoms with Gasteiger partial charge in [0.1, 0.15) is 17.8 Å². The Bertz CT molecular complexity index is 1460. The van der Waals surface area contributed by atoms with E-state index in [1.165, 1.54) is 11.1 Å². The fourth-order valence-electron chi connectivity index (χ4n) is 5.59. The Morgan fingerprint density at radius 1 is 1.16 bits per heavy atom. The van der Waals surface area contributed by atoms with Gasteiger partial charge in [0, 0.05) is 23.6 Å². The summed E-state index contributed by atoms with van der Waals surface area (Å²) in [4.78, 5) is 9.26. The molecule has 8 nitrogen and oxygen atoms in total. The molecule has 3 aromatic rings. The standard InChI is InChI=1S/C28H39N5O3SSi/c1-28(2,3)38(4,5)36-25-17-21(16-20(25)13-15-37(29,34)35)33-14-12-23-26(30-18-31-27(23)33)32-24-11-10-19-8-6-7-9-22(19)24/h6-9,12-15,18,20-21,24-25H,10-11,16-17H2,1-5H3,(H2,29,34,35)(H,30,31,32)/t20-,21-,24+,25+/m1/s1. The van der Waals surface area contributed by atoms with E-state index < -0.39 is 18.3 Å². The van der Waals surface area contributed by atoms with Crippen molar-refractivity contribution in [3.8, 4) is 0 Å². The normalized spacial score (nSPS) is 24.4. The molecule has 38 heavy (non-hydrogen) atoms. The fraction of sp³-hybridized carbons (Fsp3) is 0.500. The number of aryl methyl sites for hydroxylation is 1. The summed E-state index contributed by atoms with van der Waals surface area (Å²) >= 11 is 0. The topological polar surface area (TPSA) is 112 Å². The zero-order valence-electron chi connectivity index (χ0n) is 22.9. The highest BCUT2D eigenvalue weighted by atomic mass is 32.2. The van der Waals surface area contributed by atoms with Gasteiger partial charge in [-0.1, -0.05) is 51.1 Å². The Morgan fingerprint density at radius 3 is 2.66 bits per heavy atom. The molecule has 3 N–H and O–H groups in total. The van der Waals surface area contributed by atoms with E-state index in [1.54, 1.807) is 12.4 Å². The van der Waals surface area contributed by atoms with Crippen LogP contribution < -0.4 is 10.5 Å². The van der Waals surface area contributed by atoms with Crippen LogP contribution >= 0.6 is 0 Å². The number of aromatic nitrogens is 3. The van der Waals surface area contributed by atoms with E-state index in [9.17, 15) is 8.42 Å². The molecule has 2 aromatic heterocycles. The molecule has 0 saturated heterocycles. The van der Waals surface area contributed by atoms with Crippen LogP contribution in [-0.2, 0) is 20.9 Å². The van der Waals surface area contributed by atoms with Gasteiger partial charge in [-0.25, -0.2) is 23.5 Å². The molecule has 0 spiro atoms. The zero-order chi connectivity index (χ0) is 27.3. The van der Waals surface area contributed by atoms with Gasteiger partial charge in [0.15, 0.2) is 8.32 Å². The second-order valence-electron chi connectivity index (χ2n) is 12.2. The second kappa shape index (κ2) is 9.89. The fourth-order valence-corrected chi connectivity index (χ4v) is 7.39. The summed E-state index contributed by atoms with van der Waals surface area (Å²) in [6.45, 7) is 11.1. The number of sulfonamides is 1. The van der Waals surface area contributed by atoms with E-state index in [-0.39, 0.29) is 29.1 Å². The highest BCUT2D eigenvalue weighted by molar-refractivity contribution is 7.92. The maximum atomic E-state index is 11.7. The quantitative estimate of drug-likeness (QED) is 0.364.